The number of benzene rings is 1. The van der Waals surface area contributed by atoms with Gasteiger partial charge in [0.25, 0.3) is 0 Å². The second kappa shape index (κ2) is 5.89. The van der Waals surface area contributed by atoms with E-state index in [1.807, 2.05) is 18.2 Å². The molecule has 1 N–H and O–H groups in total. The molecule has 0 aliphatic heterocycles. The highest BCUT2D eigenvalue weighted by Crippen LogP contribution is 2.41. The fourth-order valence-corrected chi connectivity index (χ4v) is 2.80. The van der Waals surface area contributed by atoms with Gasteiger partial charge in [-0.1, -0.05) is 84.0 Å². The van der Waals surface area contributed by atoms with E-state index in [0.717, 1.165) is 16.7 Å². The van der Waals surface area contributed by atoms with Crippen LogP contribution in [0.4, 0.5) is 0 Å². The molecule has 1 aromatic rings. The number of hydrogen-bond acceptors (Lipinski definition) is 1. The molecule has 0 amide bonds. The Balaban J connectivity index is 2.54. The van der Waals surface area contributed by atoms with Gasteiger partial charge in [-0.25, -0.2) is 0 Å². The van der Waals surface area contributed by atoms with Crippen molar-refractivity contribution in [1.29, 1.82) is 0 Å². The third-order valence-electron chi connectivity index (χ3n) is 4.10. The van der Waals surface area contributed by atoms with E-state index >= 15 is 0 Å². The molecule has 1 heteroatoms. The van der Waals surface area contributed by atoms with Crippen molar-refractivity contribution in [3.63, 3.8) is 0 Å². The molecule has 22 heavy (non-hydrogen) atoms. The molecule has 0 saturated carbocycles. The van der Waals surface area contributed by atoms with Crippen LogP contribution in [0.15, 0.2) is 59.2 Å². The van der Waals surface area contributed by atoms with Crippen molar-refractivity contribution in [3.8, 4) is 0 Å². The van der Waals surface area contributed by atoms with E-state index in [4.69, 9.17) is 0 Å². The van der Waals surface area contributed by atoms with Crippen molar-refractivity contribution in [3.05, 3.63) is 64.8 Å². The van der Waals surface area contributed by atoms with E-state index < -0.39 is 6.10 Å². The quantitative estimate of drug-likeness (QED) is 0.736. The lowest BCUT2D eigenvalue weighted by Crippen LogP contribution is -2.31. The Labute approximate surface area is 135 Å². The second-order valence-corrected chi connectivity index (χ2v) is 8.16. The summed E-state index contributed by atoms with van der Waals surface area (Å²) in [6.45, 7) is 13.0. The van der Waals surface area contributed by atoms with Gasteiger partial charge < -0.3 is 5.11 Å². The van der Waals surface area contributed by atoms with Gasteiger partial charge in [-0.15, -0.1) is 0 Å². The van der Waals surface area contributed by atoms with Crippen LogP contribution >= 0.6 is 0 Å². The molecule has 118 valence electrons. The molecular weight excluding hydrogens is 268 g/mol. The van der Waals surface area contributed by atoms with Gasteiger partial charge in [0, 0.05) is 0 Å². The zero-order valence-electron chi connectivity index (χ0n) is 14.6. The van der Waals surface area contributed by atoms with Crippen molar-refractivity contribution < 1.29 is 5.11 Å². The fraction of sp³-hybridized carbons (Fsp3) is 0.429. The predicted octanol–water partition coefficient (Wildman–Crippen LogP) is 5.39. The minimum atomic E-state index is -0.493. The van der Waals surface area contributed by atoms with Crippen LogP contribution < -0.4 is 0 Å². The Morgan fingerprint density at radius 1 is 0.818 bits per heavy atom. The van der Waals surface area contributed by atoms with Crippen LogP contribution in [0.3, 0.4) is 0 Å². The van der Waals surface area contributed by atoms with Crippen molar-refractivity contribution in [2.24, 2.45) is 10.8 Å². The molecule has 0 bridgehead atoms. The highest BCUT2D eigenvalue weighted by molar-refractivity contribution is 5.63. The first-order valence-electron chi connectivity index (χ1n) is 7.98. The van der Waals surface area contributed by atoms with Gasteiger partial charge in [0.05, 0.1) is 6.10 Å². The average molecular weight is 296 g/mol. The number of hydrogen-bond donors (Lipinski definition) is 1. The van der Waals surface area contributed by atoms with E-state index in [-0.39, 0.29) is 10.8 Å². The number of allylic oxidation sites excluding steroid dienone is 3. The molecule has 0 unspecified atom stereocenters. The monoisotopic (exact) mass is 296 g/mol. The summed E-state index contributed by atoms with van der Waals surface area (Å²) in [6, 6.07) is 10.3. The van der Waals surface area contributed by atoms with Crippen molar-refractivity contribution >= 4 is 6.08 Å². The summed E-state index contributed by atoms with van der Waals surface area (Å²) in [4.78, 5) is 0. The molecule has 1 nitrogen and oxygen atoms in total. The Bertz CT molecular complexity index is 582. The molecule has 0 atom stereocenters. The maximum absolute atomic E-state index is 10.8. The van der Waals surface area contributed by atoms with Gasteiger partial charge >= 0.3 is 0 Å². The van der Waals surface area contributed by atoms with E-state index in [1.165, 1.54) is 5.56 Å². The van der Waals surface area contributed by atoms with Crippen LogP contribution in [0.5, 0.6) is 0 Å². The molecule has 0 radical (unpaired) electrons. The summed E-state index contributed by atoms with van der Waals surface area (Å²) in [6.07, 6.45) is 5.98. The van der Waals surface area contributed by atoms with Crippen molar-refractivity contribution in [2.75, 3.05) is 0 Å². The Morgan fingerprint density at radius 2 is 1.27 bits per heavy atom. The summed E-state index contributed by atoms with van der Waals surface area (Å²) in [7, 11) is 0. The van der Waals surface area contributed by atoms with E-state index in [2.05, 4.69) is 71.9 Å². The minimum Gasteiger partial charge on any atom is -0.384 e. The maximum Gasteiger partial charge on any atom is 0.0977 e. The first kappa shape index (κ1) is 16.8. The Hall–Kier alpha value is -1.60. The smallest absolute Gasteiger partial charge is 0.0977 e. The molecule has 1 aliphatic rings. The summed E-state index contributed by atoms with van der Waals surface area (Å²) >= 11 is 0. The summed E-state index contributed by atoms with van der Waals surface area (Å²) in [5.41, 5.74) is 4.40. The van der Waals surface area contributed by atoms with Crippen LogP contribution in [0.2, 0.25) is 0 Å². The topological polar surface area (TPSA) is 20.2 Å². The third kappa shape index (κ3) is 3.78. The first-order chi connectivity index (χ1) is 10.1. The molecular formula is C21H28O. The number of rotatable bonds is 1. The number of aliphatic hydroxyl groups excluding tert-OH is 1. The first-order valence-corrected chi connectivity index (χ1v) is 7.98. The van der Waals surface area contributed by atoms with Crippen LogP contribution in [0, 0.1) is 10.8 Å². The van der Waals surface area contributed by atoms with Gasteiger partial charge in [-0.05, 0) is 39.2 Å². The summed E-state index contributed by atoms with van der Waals surface area (Å²) in [5, 5.41) is 10.8. The van der Waals surface area contributed by atoms with Crippen molar-refractivity contribution in [1.82, 2.24) is 0 Å². The molecule has 0 spiro atoms. The highest BCUT2D eigenvalue weighted by Gasteiger charge is 2.34. The zero-order valence-corrected chi connectivity index (χ0v) is 14.6. The number of aliphatic hydroxyl groups is 1. The van der Waals surface area contributed by atoms with Crippen LogP contribution in [0.1, 0.15) is 47.1 Å². The van der Waals surface area contributed by atoms with Gasteiger partial charge in [0.2, 0.25) is 0 Å². The Morgan fingerprint density at radius 3 is 1.68 bits per heavy atom. The molecule has 0 fully saturated rings. The molecule has 1 aliphatic carbocycles. The van der Waals surface area contributed by atoms with Gasteiger partial charge in [0.15, 0.2) is 0 Å². The minimum absolute atomic E-state index is 0.0556. The largest absolute Gasteiger partial charge is 0.384 e. The Kier molecular flexibility index (Phi) is 4.49. The second-order valence-electron chi connectivity index (χ2n) is 8.16. The SMILES string of the molecule is CC(C)(C)C1=CC(=Cc2ccccc2)C=C(C(C)(C)C)C1O. The van der Waals surface area contributed by atoms with Crippen LogP contribution in [-0.4, -0.2) is 11.2 Å². The van der Waals surface area contributed by atoms with E-state index in [0.29, 0.717) is 0 Å². The molecule has 0 heterocycles. The van der Waals surface area contributed by atoms with Crippen LogP contribution in [0.25, 0.3) is 6.08 Å². The normalized spacial score (nSPS) is 19.6. The highest BCUT2D eigenvalue weighted by atomic mass is 16.3. The van der Waals surface area contributed by atoms with Gasteiger partial charge in [-0.3, -0.25) is 0 Å². The van der Waals surface area contributed by atoms with Crippen LogP contribution in [-0.2, 0) is 0 Å². The molecule has 0 aromatic heterocycles. The summed E-state index contributed by atoms with van der Waals surface area (Å²) in [5.74, 6) is 0. The predicted molar refractivity (Wildman–Crippen MR) is 95.5 cm³/mol. The third-order valence-corrected chi connectivity index (χ3v) is 4.10. The lowest BCUT2D eigenvalue weighted by Gasteiger charge is -2.37. The lowest BCUT2D eigenvalue weighted by atomic mass is 9.71. The average Bonchev–Trinajstić information content (AvgIpc) is 2.39. The molecule has 2 rings (SSSR count). The van der Waals surface area contributed by atoms with Gasteiger partial charge in [-0.2, -0.15) is 0 Å². The van der Waals surface area contributed by atoms with Crippen molar-refractivity contribution in [2.45, 2.75) is 47.6 Å². The molecule has 0 saturated heterocycles. The maximum atomic E-state index is 10.8. The standard InChI is InChI=1S/C21H28O/c1-20(2,3)17-13-16(12-15-10-8-7-9-11-15)14-18(19(17)22)21(4,5)6/h7-14,19,22H,1-6H3. The molecule has 1 aromatic carbocycles. The van der Waals surface area contributed by atoms with Gasteiger partial charge in [0.1, 0.15) is 0 Å². The van der Waals surface area contributed by atoms with E-state index in [9.17, 15) is 5.11 Å². The van der Waals surface area contributed by atoms with E-state index in [1.54, 1.807) is 0 Å². The zero-order chi connectivity index (χ0) is 16.5. The summed E-state index contributed by atoms with van der Waals surface area (Å²) < 4.78 is 0. The lowest BCUT2D eigenvalue weighted by molar-refractivity contribution is 0.192. The fourth-order valence-electron chi connectivity index (χ4n) is 2.80.